The van der Waals surface area contributed by atoms with E-state index >= 15 is 0 Å². The van der Waals surface area contributed by atoms with E-state index in [9.17, 15) is 0 Å². The molecule has 0 saturated carbocycles. The molecule has 0 spiro atoms. The van der Waals surface area contributed by atoms with Gasteiger partial charge in [0.2, 0.25) is 0 Å². The predicted octanol–water partition coefficient (Wildman–Crippen LogP) is 2.13. The number of rotatable bonds is 5. The molecule has 0 aliphatic carbocycles. The van der Waals surface area contributed by atoms with Crippen LogP contribution < -0.4 is 0 Å². The van der Waals surface area contributed by atoms with Gasteiger partial charge in [-0.2, -0.15) is 0 Å². The van der Waals surface area contributed by atoms with E-state index in [1.54, 1.807) is 6.92 Å². The van der Waals surface area contributed by atoms with Crippen LogP contribution in [0.2, 0.25) is 0 Å². The SMILES string of the molecule is CC#CC#CC#CCC=CCCCCO. The van der Waals surface area contributed by atoms with Crippen molar-refractivity contribution in [2.45, 2.75) is 32.6 Å². The molecule has 0 aromatic heterocycles. The Hall–Kier alpha value is -1.62. The smallest absolute Gasteiger partial charge is 0.0431 e. The Morgan fingerprint density at radius 3 is 2.53 bits per heavy atom. The quantitative estimate of drug-likeness (QED) is 0.409. The Balaban J connectivity index is 3.51. The van der Waals surface area contributed by atoms with Gasteiger partial charge < -0.3 is 5.11 Å². The van der Waals surface area contributed by atoms with E-state index in [1.807, 2.05) is 6.08 Å². The van der Waals surface area contributed by atoms with Crippen LogP contribution in [0.15, 0.2) is 12.2 Å². The molecule has 0 aromatic carbocycles. The van der Waals surface area contributed by atoms with Gasteiger partial charge in [0.05, 0.1) is 0 Å². The lowest BCUT2D eigenvalue weighted by Crippen LogP contribution is -1.79. The molecule has 0 saturated heterocycles. The Bertz CT molecular complexity index is 344. The van der Waals surface area contributed by atoms with Crippen molar-refractivity contribution >= 4 is 0 Å². The van der Waals surface area contributed by atoms with Crippen LogP contribution in [0.3, 0.4) is 0 Å². The van der Waals surface area contributed by atoms with Crippen molar-refractivity contribution in [2.75, 3.05) is 6.61 Å². The van der Waals surface area contributed by atoms with E-state index in [-0.39, 0.29) is 6.61 Å². The van der Waals surface area contributed by atoms with Crippen LogP contribution in [0.25, 0.3) is 0 Å². The standard InChI is InChI=1S/C14H16O/c1-2-3-4-5-6-7-8-9-10-11-12-13-14-15/h9-10,15H,8,11-14H2,1H3. The van der Waals surface area contributed by atoms with Gasteiger partial charge in [-0.15, -0.1) is 0 Å². The second-order valence-corrected chi connectivity index (χ2v) is 2.82. The van der Waals surface area contributed by atoms with Gasteiger partial charge in [0, 0.05) is 13.0 Å². The molecule has 78 valence electrons. The van der Waals surface area contributed by atoms with Crippen LogP contribution in [0.4, 0.5) is 0 Å². The Kier molecular flexibility index (Phi) is 11.0. The maximum Gasteiger partial charge on any atom is 0.0431 e. The molecule has 1 N–H and O–H groups in total. The average Bonchev–Trinajstić information content (AvgIpc) is 2.26. The molecule has 0 aromatic rings. The molecular weight excluding hydrogens is 184 g/mol. The van der Waals surface area contributed by atoms with Crippen LogP contribution in [0.5, 0.6) is 0 Å². The highest BCUT2D eigenvalue weighted by molar-refractivity contribution is 5.35. The van der Waals surface area contributed by atoms with Crippen LogP contribution in [-0.2, 0) is 0 Å². The molecule has 1 heteroatoms. The second-order valence-electron chi connectivity index (χ2n) is 2.82. The van der Waals surface area contributed by atoms with Crippen LogP contribution in [0, 0.1) is 35.5 Å². The summed E-state index contributed by atoms with van der Waals surface area (Å²) in [5.41, 5.74) is 0. The van der Waals surface area contributed by atoms with E-state index < -0.39 is 0 Å². The summed E-state index contributed by atoms with van der Waals surface area (Å²) >= 11 is 0. The van der Waals surface area contributed by atoms with Gasteiger partial charge in [0.15, 0.2) is 0 Å². The first-order valence-electron chi connectivity index (χ1n) is 5.07. The van der Waals surface area contributed by atoms with Crippen molar-refractivity contribution in [3.8, 4) is 35.5 Å². The summed E-state index contributed by atoms with van der Waals surface area (Å²) in [5.74, 6) is 16.2. The van der Waals surface area contributed by atoms with Crippen molar-refractivity contribution in [1.29, 1.82) is 0 Å². The van der Waals surface area contributed by atoms with Crippen LogP contribution in [-0.4, -0.2) is 11.7 Å². The molecule has 0 bridgehead atoms. The van der Waals surface area contributed by atoms with Gasteiger partial charge in [0.25, 0.3) is 0 Å². The topological polar surface area (TPSA) is 20.2 Å². The maximum absolute atomic E-state index is 8.54. The number of unbranched alkanes of at least 4 members (excludes halogenated alkanes) is 2. The summed E-state index contributed by atoms with van der Waals surface area (Å²) in [7, 11) is 0. The highest BCUT2D eigenvalue weighted by atomic mass is 16.2. The highest BCUT2D eigenvalue weighted by Gasteiger charge is 1.80. The molecular formula is C14H16O. The summed E-state index contributed by atoms with van der Waals surface area (Å²) in [6.45, 7) is 2.03. The summed E-state index contributed by atoms with van der Waals surface area (Å²) < 4.78 is 0. The molecule has 0 fully saturated rings. The highest BCUT2D eigenvalue weighted by Crippen LogP contribution is 1.95. The molecule has 0 atom stereocenters. The fraction of sp³-hybridized carbons (Fsp3) is 0.429. The monoisotopic (exact) mass is 200 g/mol. The first-order chi connectivity index (χ1) is 7.41. The summed E-state index contributed by atoms with van der Waals surface area (Å²) in [6.07, 6.45) is 7.76. The number of allylic oxidation sites excluding steroid dienone is 2. The Labute approximate surface area is 92.6 Å². The number of hydrogen-bond acceptors (Lipinski definition) is 1. The first kappa shape index (κ1) is 13.4. The summed E-state index contributed by atoms with van der Waals surface area (Å²) in [6, 6.07) is 0. The zero-order valence-corrected chi connectivity index (χ0v) is 9.14. The third-order valence-electron chi connectivity index (χ3n) is 1.57. The molecule has 0 aliphatic rings. The summed E-state index contributed by atoms with van der Waals surface area (Å²) in [5, 5.41) is 8.54. The zero-order valence-electron chi connectivity index (χ0n) is 9.14. The number of aliphatic hydroxyl groups is 1. The minimum absolute atomic E-state index is 0.279. The van der Waals surface area contributed by atoms with Gasteiger partial charge in [0.1, 0.15) is 0 Å². The van der Waals surface area contributed by atoms with E-state index in [1.165, 1.54) is 0 Å². The molecule has 15 heavy (non-hydrogen) atoms. The van der Waals surface area contributed by atoms with Gasteiger partial charge in [-0.3, -0.25) is 0 Å². The normalized spacial score (nSPS) is 8.13. The van der Waals surface area contributed by atoms with Gasteiger partial charge in [-0.25, -0.2) is 0 Å². The van der Waals surface area contributed by atoms with Crippen molar-refractivity contribution in [3.05, 3.63) is 12.2 Å². The minimum atomic E-state index is 0.279. The average molecular weight is 200 g/mol. The first-order valence-corrected chi connectivity index (χ1v) is 5.07. The third-order valence-corrected chi connectivity index (χ3v) is 1.57. The van der Waals surface area contributed by atoms with Gasteiger partial charge >= 0.3 is 0 Å². The lowest BCUT2D eigenvalue weighted by molar-refractivity contribution is 0.285. The fourth-order valence-electron chi connectivity index (χ4n) is 0.854. The molecule has 0 aliphatic heterocycles. The Morgan fingerprint density at radius 2 is 1.80 bits per heavy atom. The number of hydrogen-bond donors (Lipinski definition) is 1. The number of aliphatic hydroxyl groups excluding tert-OH is 1. The largest absolute Gasteiger partial charge is 0.396 e. The lowest BCUT2D eigenvalue weighted by Gasteiger charge is -1.89. The zero-order chi connectivity index (χ0) is 11.2. The Morgan fingerprint density at radius 1 is 1.00 bits per heavy atom. The van der Waals surface area contributed by atoms with Gasteiger partial charge in [-0.1, -0.05) is 24.0 Å². The second kappa shape index (κ2) is 12.4. The van der Waals surface area contributed by atoms with Crippen molar-refractivity contribution in [1.82, 2.24) is 0 Å². The van der Waals surface area contributed by atoms with E-state index in [0.717, 1.165) is 25.7 Å². The minimum Gasteiger partial charge on any atom is -0.396 e. The molecule has 0 heterocycles. The van der Waals surface area contributed by atoms with Crippen molar-refractivity contribution in [3.63, 3.8) is 0 Å². The van der Waals surface area contributed by atoms with Crippen molar-refractivity contribution < 1.29 is 5.11 Å². The summed E-state index contributed by atoms with van der Waals surface area (Å²) in [4.78, 5) is 0. The molecule has 0 unspecified atom stereocenters. The maximum atomic E-state index is 8.54. The molecule has 1 nitrogen and oxygen atoms in total. The van der Waals surface area contributed by atoms with E-state index in [2.05, 4.69) is 41.6 Å². The third kappa shape index (κ3) is 12.4. The van der Waals surface area contributed by atoms with Crippen LogP contribution in [0.1, 0.15) is 32.6 Å². The predicted molar refractivity (Wildman–Crippen MR) is 63.7 cm³/mol. The van der Waals surface area contributed by atoms with E-state index in [4.69, 9.17) is 5.11 Å². The molecule has 0 amide bonds. The van der Waals surface area contributed by atoms with E-state index in [0.29, 0.717) is 0 Å². The lowest BCUT2D eigenvalue weighted by atomic mass is 10.2. The molecule has 0 radical (unpaired) electrons. The fourth-order valence-corrected chi connectivity index (χ4v) is 0.854. The van der Waals surface area contributed by atoms with Gasteiger partial charge in [-0.05, 0) is 49.9 Å². The molecule has 0 rings (SSSR count). The van der Waals surface area contributed by atoms with Crippen molar-refractivity contribution in [2.24, 2.45) is 0 Å². The van der Waals surface area contributed by atoms with Crippen LogP contribution >= 0.6 is 0 Å².